The molecule has 2 aromatic rings. The first-order chi connectivity index (χ1) is 8.65. The summed E-state index contributed by atoms with van der Waals surface area (Å²) in [6.07, 6.45) is 0.595. The predicted molar refractivity (Wildman–Crippen MR) is 70.5 cm³/mol. The van der Waals surface area contributed by atoms with Crippen molar-refractivity contribution in [3.8, 4) is 22.6 Å². The summed E-state index contributed by atoms with van der Waals surface area (Å²) in [4.78, 5) is 10.9. The van der Waals surface area contributed by atoms with Crippen molar-refractivity contribution in [2.45, 2.75) is 0 Å². The van der Waals surface area contributed by atoms with E-state index in [4.69, 9.17) is 16.3 Å². The molecule has 2 rings (SSSR count). The lowest BCUT2D eigenvalue weighted by Gasteiger charge is -2.09. The molecule has 92 valence electrons. The van der Waals surface area contributed by atoms with Gasteiger partial charge >= 0.3 is 0 Å². The highest BCUT2D eigenvalue weighted by Crippen LogP contribution is 2.34. The third-order valence-corrected chi connectivity index (χ3v) is 2.88. The number of halogens is 1. The van der Waals surface area contributed by atoms with Gasteiger partial charge in [0.25, 0.3) is 0 Å². The van der Waals surface area contributed by atoms with E-state index in [1.54, 1.807) is 24.3 Å². The van der Waals surface area contributed by atoms with Crippen LogP contribution in [0.1, 0.15) is 10.4 Å². The molecule has 0 heterocycles. The van der Waals surface area contributed by atoms with Crippen LogP contribution >= 0.6 is 11.6 Å². The number of ether oxygens (including phenoxy) is 1. The molecule has 0 aliphatic heterocycles. The van der Waals surface area contributed by atoms with Crippen LogP contribution < -0.4 is 4.74 Å². The van der Waals surface area contributed by atoms with Gasteiger partial charge in [-0.1, -0.05) is 23.7 Å². The number of hydrogen-bond acceptors (Lipinski definition) is 3. The number of carbonyl (C=O) groups is 1. The van der Waals surface area contributed by atoms with E-state index in [1.807, 2.05) is 12.1 Å². The molecule has 0 aromatic heterocycles. The van der Waals surface area contributed by atoms with Crippen LogP contribution in [0.5, 0.6) is 11.5 Å². The second-order valence-electron chi connectivity index (χ2n) is 3.74. The van der Waals surface area contributed by atoms with Gasteiger partial charge in [-0.3, -0.25) is 4.79 Å². The number of methoxy groups -OCH3 is 1. The van der Waals surface area contributed by atoms with Gasteiger partial charge in [0.1, 0.15) is 0 Å². The smallest absolute Gasteiger partial charge is 0.168 e. The third kappa shape index (κ3) is 2.31. The minimum atomic E-state index is -0.148. The Labute approximate surface area is 110 Å². The van der Waals surface area contributed by atoms with Gasteiger partial charge in [0.2, 0.25) is 0 Å². The van der Waals surface area contributed by atoms with Crippen LogP contribution in [0, 0.1) is 0 Å². The molecule has 0 saturated carbocycles. The molecule has 0 fully saturated rings. The van der Waals surface area contributed by atoms with Crippen LogP contribution in [0.15, 0.2) is 36.4 Å². The number of benzene rings is 2. The molecule has 0 amide bonds. The van der Waals surface area contributed by atoms with Gasteiger partial charge in [0, 0.05) is 5.02 Å². The summed E-state index contributed by atoms with van der Waals surface area (Å²) < 4.78 is 5.04. The van der Waals surface area contributed by atoms with Crippen LogP contribution in [0.3, 0.4) is 0 Å². The van der Waals surface area contributed by atoms with Crippen molar-refractivity contribution in [2.75, 3.05) is 7.11 Å². The first kappa shape index (κ1) is 12.5. The zero-order valence-corrected chi connectivity index (χ0v) is 10.4. The van der Waals surface area contributed by atoms with Gasteiger partial charge in [0.05, 0.1) is 12.7 Å². The molecule has 0 aliphatic carbocycles. The normalized spacial score (nSPS) is 10.1. The Morgan fingerprint density at radius 1 is 1.17 bits per heavy atom. The Hall–Kier alpha value is -2.00. The highest BCUT2D eigenvalue weighted by molar-refractivity contribution is 6.30. The lowest BCUT2D eigenvalue weighted by Crippen LogP contribution is -1.90. The molecular formula is C14H11ClO3. The van der Waals surface area contributed by atoms with E-state index in [1.165, 1.54) is 7.11 Å². The van der Waals surface area contributed by atoms with Gasteiger partial charge < -0.3 is 9.84 Å². The summed E-state index contributed by atoms with van der Waals surface area (Å²) in [5, 5.41) is 10.4. The van der Waals surface area contributed by atoms with E-state index >= 15 is 0 Å². The second-order valence-corrected chi connectivity index (χ2v) is 4.18. The van der Waals surface area contributed by atoms with Crippen LogP contribution in [-0.4, -0.2) is 18.5 Å². The summed E-state index contributed by atoms with van der Waals surface area (Å²) in [6, 6.07) is 10.5. The fraction of sp³-hybridized carbons (Fsp3) is 0.0714. The van der Waals surface area contributed by atoms with Crippen molar-refractivity contribution >= 4 is 17.9 Å². The van der Waals surface area contributed by atoms with E-state index in [9.17, 15) is 9.90 Å². The average molecular weight is 263 g/mol. The van der Waals surface area contributed by atoms with Crippen molar-refractivity contribution in [2.24, 2.45) is 0 Å². The lowest BCUT2D eigenvalue weighted by molar-refractivity contribution is 0.112. The fourth-order valence-electron chi connectivity index (χ4n) is 1.68. The number of phenols is 1. The number of rotatable bonds is 3. The number of hydrogen-bond donors (Lipinski definition) is 1. The largest absolute Gasteiger partial charge is 0.504 e. The van der Waals surface area contributed by atoms with E-state index in [0.29, 0.717) is 11.3 Å². The molecule has 0 radical (unpaired) electrons. The molecule has 0 unspecified atom stereocenters. The van der Waals surface area contributed by atoms with Crippen LogP contribution in [0.25, 0.3) is 11.1 Å². The Morgan fingerprint density at radius 2 is 1.83 bits per heavy atom. The Bertz CT molecular complexity index is 576. The quantitative estimate of drug-likeness (QED) is 0.861. The van der Waals surface area contributed by atoms with E-state index in [0.717, 1.165) is 11.1 Å². The van der Waals surface area contributed by atoms with Crippen LogP contribution in [0.4, 0.5) is 0 Å². The topological polar surface area (TPSA) is 46.5 Å². The van der Waals surface area contributed by atoms with Crippen LogP contribution in [-0.2, 0) is 0 Å². The summed E-state index contributed by atoms with van der Waals surface area (Å²) in [5.74, 6) is 0.120. The molecule has 0 aliphatic rings. The molecule has 4 heteroatoms. The molecule has 0 bridgehead atoms. The second kappa shape index (κ2) is 5.10. The molecule has 18 heavy (non-hydrogen) atoms. The van der Waals surface area contributed by atoms with Gasteiger partial charge in [-0.05, 0) is 35.4 Å². The maximum atomic E-state index is 10.9. The lowest BCUT2D eigenvalue weighted by atomic mass is 10.0. The van der Waals surface area contributed by atoms with E-state index in [-0.39, 0.29) is 17.1 Å². The molecule has 3 nitrogen and oxygen atoms in total. The van der Waals surface area contributed by atoms with Gasteiger partial charge in [-0.2, -0.15) is 0 Å². The molecular weight excluding hydrogens is 252 g/mol. The minimum absolute atomic E-state index is 0.148. The molecule has 0 saturated heterocycles. The first-order valence-electron chi connectivity index (χ1n) is 5.28. The molecule has 0 atom stereocenters. The Kier molecular flexibility index (Phi) is 3.53. The predicted octanol–water partition coefficient (Wildman–Crippen LogP) is 3.53. The number of aldehydes is 1. The van der Waals surface area contributed by atoms with Gasteiger partial charge in [-0.15, -0.1) is 0 Å². The molecule has 2 aromatic carbocycles. The SMILES string of the molecule is COc1cc(-c2ccc(Cl)cc2)cc(C=O)c1O. The zero-order chi connectivity index (χ0) is 13.1. The maximum Gasteiger partial charge on any atom is 0.168 e. The van der Waals surface area contributed by atoms with Gasteiger partial charge in [-0.25, -0.2) is 0 Å². The number of aromatic hydroxyl groups is 1. The summed E-state index contributed by atoms with van der Waals surface area (Å²) in [5.41, 5.74) is 1.86. The summed E-state index contributed by atoms with van der Waals surface area (Å²) in [7, 11) is 1.44. The van der Waals surface area contributed by atoms with Crippen molar-refractivity contribution in [1.29, 1.82) is 0 Å². The summed E-state index contributed by atoms with van der Waals surface area (Å²) >= 11 is 5.82. The minimum Gasteiger partial charge on any atom is -0.504 e. The number of phenolic OH excluding ortho intramolecular Hbond substituents is 1. The van der Waals surface area contributed by atoms with E-state index < -0.39 is 0 Å². The van der Waals surface area contributed by atoms with Gasteiger partial charge in [0.15, 0.2) is 17.8 Å². The third-order valence-electron chi connectivity index (χ3n) is 2.63. The molecule has 0 spiro atoms. The standard InChI is InChI=1S/C14H11ClO3/c1-18-13-7-10(6-11(8-16)14(13)17)9-2-4-12(15)5-3-9/h2-8,17H,1H3. The zero-order valence-electron chi connectivity index (χ0n) is 9.68. The first-order valence-corrected chi connectivity index (χ1v) is 5.65. The Balaban J connectivity index is 2.57. The van der Waals surface area contributed by atoms with Crippen LogP contribution in [0.2, 0.25) is 5.02 Å². The maximum absolute atomic E-state index is 10.9. The van der Waals surface area contributed by atoms with E-state index in [2.05, 4.69) is 0 Å². The molecule has 1 N–H and O–H groups in total. The van der Waals surface area contributed by atoms with Crippen molar-refractivity contribution < 1.29 is 14.6 Å². The highest BCUT2D eigenvalue weighted by atomic mass is 35.5. The highest BCUT2D eigenvalue weighted by Gasteiger charge is 2.11. The van der Waals surface area contributed by atoms with Crippen molar-refractivity contribution in [3.63, 3.8) is 0 Å². The number of carbonyl (C=O) groups excluding carboxylic acids is 1. The Morgan fingerprint density at radius 3 is 2.39 bits per heavy atom. The summed E-state index contributed by atoms with van der Waals surface area (Å²) in [6.45, 7) is 0. The van der Waals surface area contributed by atoms with Crippen molar-refractivity contribution in [3.05, 3.63) is 47.0 Å². The van der Waals surface area contributed by atoms with Crippen molar-refractivity contribution in [1.82, 2.24) is 0 Å². The monoisotopic (exact) mass is 262 g/mol. The fourth-order valence-corrected chi connectivity index (χ4v) is 1.81. The average Bonchev–Trinajstić information content (AvgIpc) is 2.40.